The van der Waals surface area contributed by atoms with E-state index in [4.69, 9.17) is 12.2 Å². The minimum atomic E-state index is -2.84. The van der Waals surface area contributed by atoms with Gasteiger partial charge in [0.2, 0.25) is 0 Å². The third-order valence-corrected chi connectivity index (χ3v) is 3.85. The second-order valence-electron chi connectivity index (χ2n) is 5.94. The highest BCUT2D eigenvalue weighted by atomic mass is 32.1. The Balaban J connectivity index is 1.92. The summed E-state index contributed by atoms with van der Waals surface area (Å²) in [6, 6.07) is 14.3. The van der Waals surface area contributed by atoms with Gasteiger partial charge in [0.05, 0.1) is 5.71 Å². The van der Waals surface area contributed by atoms with Crippen LogP contribution in [-0.4, -0.2) is 17.4 Å². The smallest absolute Gasteiger partial charge is 0.387 e. The van der Waals surface area contributed by atoms with Crippen molar-refractivity contribution in [3.8, 4) is 5.75 Å². The van der Waals surface area contributed by atoms with Crippen molar-refractivity contribution in [2.24, 2.45) is 5.10 Å². The van der Waals surface area contributed by atoms with Crippen molar-refractivity contribution < 1.29 is 13.5 Å². The van der Waals surface area contributed by atoms with E-state index in [9.17, 15) is 8.78 Å². The van der Waals surface area contributed by atoms with Gasteiger partial charge in [-0.2, -0.15) is 13.9 Å². The van der Waals surface area contributed by atoms with E-state index in [-0.39, 0.29) is 5.75 Å². The zero-order chi connectivity index (χ0) is 19.1. The highest BCUT2D eigenvalue weighted by molar-refractivity contribution is 7.80. The molecule has 0 radical (unpaired) electrons. The molecule has 0 aliphatic carbocycles. The number of nitrogens with zero attached hydrogens (tertiary/aromatic N) is 1. The average molecular weight is 377 g/mol. The number of thiocarbonyl (C=S) groups is 1. The molecule has 0 saturated heterocycles. The second kappa shape index (κ2) is 9.24. The third-order valence-electron chi connectivity index (χ3n) is 3.66. The molecule has 26 heavy (non-hydrogen) atoms. The Hall–Kier alpha value is -2.54. The van der Waals surface area contributed by atoms with Crippen LogP contribution < -0.4 is 15.5 Å². The fourth-order valence-electron chi connectivity index (χ4n) is 2.19. The minimum absolute atomic E-state index is 0.103. The highest BCUT2D eigenvalue weighted by Crippen LogP contribution is 2.17. The lowest BCUT2D eigenvalue weighted by molar-refractivity contribution is -0.0498. The first-order chi connectivity index (χ1) is 12.3. The maximum absolute atomic E-state index is 12.2. The maximum atomic E-state index is 12.2. The van der Waals surface area contributed by atoms with Gasteiger partial charge in [-0.25, -0.2) is 0 Å². The van der Waals surface area contributed by atoms with Crippen molar-refractivity contribution >= 4 is 28.7 Å². The Labute approximate surface area is 157 Å². The fraction of sp³-hybridized carbons (Fsp3) is 0.263. The molecule has 0 fully saturated rings. The molecule has 0 saturated carbocycles. The molecule has 2 N–H and O–H groups in total. The Bertz CT molecular complexity index is 759. The fourth-order valence-corrected chi connectivity index (χ4v) is 2.35. The van der Waals surface area contributed by atoms with Gasteiger partial charge in [-0.1, -0.05) is 26.0 Å². The standard InChI is InChI=1S/C19H21F2N3OS/c1-12(2)14-4-8-16(9-5-14)22-19(26)24-23-13(3)15-6-10-17(11-7-15)25-18(20)21/h4-12,18H,1-3H3,(H2,22,24,26)/b23-13-. The molecule has 0 heterocycles. The van der Waals surface area contributed by atoms with Gasteiger partial charge in [-0.15, -0.1) is 0 Å². The molecule has 7 heteroatoms. The van der Waals surface area contributed by atoms with Crippen LogP contribution in [0.2, 0.25) is 0 Å². The highest BCUT2D eigenvalue weighted by Gasteiger charge is 2.05. The van der Waals surface area contributed by atoms with Crippen molar-refractivity contribution in [2.45, 2.75) is 33.3 Å². The third kappa shape index (κ3) is 6.07. The van der Waals surface area contributed by atoms with Crippen LogP contribution in [0.4, 0.5) is 14.5 Å². The quantitative estimate of drug-likeness (QED) is 0.417. The lowest BCUT2D eigenvalue weighted by Gasteiger charge is -2.10. The molecule has 2 aromatic carbocycles. The normalized spacial score (nSPS) is 11.6. The van der Waals surface area contributed by atoms with E-state index in [1.54, 1.807) is 19.1 Å². The summed E-state index contributed by atoms with van der Waals surface area (Å²) in [6.07, 6.45) is 0. The van der Waals surface area contributed by atoms with Crippen LogP contribution >= 0.6 is 12.2 Å². The van der Waals surface area contributed by atoms with Crippen LogP contribution in [0.1, 0.15) is 37.8 Å². The van der Waals surface area contributed by atoms with Crippen molar-refractivity contribution in [1.82, 2.24) is 5.43 Å². The van der Waals surface area contributed by atoms with Crippen LogP contribution in [-0.2, 0) is 0 Å². The van der Waals surface area contributed by atoms with Crippen LogP contribution in [0.5, 0.6) is 5.75 Å². The molecular weight excluding hydrogens is 356 g/mol. The van der Waals surface area contributed by atoms with E-state index in [0.29, 0.717) is 16.7 Å². The summed E-state index contributed by atoms with van der Waals surface area (Å²) in [7, 11) is 0. The lowest BCUT2D eigenvalue weighted by atomic mass is 10.0. The number of rotatable bonds is 6. The number of nitrogens with one attached hydrogen (secondary N) is 2. The number of hydrazone groups is 1. The predicted molar refractivity (Wildman–Crippen MR) is 105 cm³/mol. The van der Waals surface area contributed by atoms with E-state index < -0.39 is 6.61 Å². The van der Waals surface area contributed by atoms with Crippen LogP contribution in [0, 0.1) is 0 Å². The molecular formula is C19H21F2N3OS. The number of alkyl halides is 2. The Morgan fingerprint density at radius 2 is 1.65 bits per heavy atom. The first-order valence-corrected chi connectivity index (χ1v) is 8.52. The molecule has 2 rings (SSSR count). The van der Waals surface area contributed by atoms with Gasteiger partial charge in [0, 0.05) is 5.69 Å². The van der Waals surface area contributed by atoms with Crippen molar-refractivity contribution in [3.63, 3.8) is 0 Å². The first kappa shape index (κ1) is 19.8. The largest absolute Gasteiger partial charge is 0.435 e. The molecule has 0 aliphatic rings. The summed E-state index contributed by atoms with van der Waals surface area (Å²) >= 11 is 5.22. The molecule has 0 aromatic heterocycles. The number of hydrogen-bond donors (Lipinski definition) is 2. The molecule has 138 valence electrons. The Morgan fingerprint density at radius 1 is 1.04 bits per heavy atom. The summed E-state index contributed by atoms with van der Waals surface area (Å²) in [5.74, 6) is 0.574. The van der Waals surface area contributed by atoms with Gasteiger partial charge < -0.3 is 10.1 Å². The number of benzene rings is 2. The first-order valence-electron chi connectivity index (χ1n) is 8.11. The van der Waals surface area contributed by atoms with Crippen molar-refractivity contribution in [1.29, 1.82) is 0 Å². The van der Waals surface area contributed by atoms with Gasteiger partial charge in [0.15, 0.2) is 5.11 Å². The van der Waals surface area contributed by atoms with Crippen molar-refractivity contribution in [3.05, 3.63) is 59.7 Å². The number of ether oxygens (including phenoxy) is 1. The van der Waals surface area contributed by atoms with Gasteiger partial charge in [-0.3, -0.25) is 5.43 Å². The second-order valence-corrected chi connectivity index (χ2v) is 6.35. The van der Waals surface area contributed by atoms with E-state index in [2.05, 4.69) is 34.4 Å². The number of halogens is 2. The maximum Gasteiger partial charge on any atom is 0.387 e. The SMILES string of the molecule is C/C(=N/NC(=S)Nc1ccc(C(C)C)cc1)c1ccc(OC(F)F)cc1. The minimum Gasteiger partial charge on any atom is -0.435 e. The predicted octanol–water partition coefficient (Wildman–Crippen LogP) is 5.12. The van der Waals surface area contributed by atoms with Gasteiger partial charge in [-0.05, 0) is 72.6 Å². The molecule has 0 aliphatic heterocycles. The van der Waals surface area contributed by atoms with Gasteiger partial charge >= 0.3 is 6.61 Å². The zero-order valence-electron chi connectivity index (χ0n) is 14.8. The van der Waals surface area contributed by atoms with Gasteiger partial charge in [0.25, 0.3) is 0 Å². The van der Waals surface area contributed by atoms with Crippen LogP contribution in [0.15, 0.2) is 53.6 Å². The van der Waals surface area contributed by atoms with Crippen LogP contribution in [0.25, 0.3) is 0 Å². The van der Waals surface area contributed by atoms with E-state index in [1.165, 1.54) is 17.7 Å². The van der Waals surface area contributed by atoms with E-state index in [0.717, 1.165) is 11.3 Å². The molecule has 0 amide bonds. The zero-order valence-corrected chi connectivity index (χ0v) is 15.6. The Kier molecular flexibility index (Phi) is 7.03. The summed E-state index contributed by atoms with van der Waals surface area (Å²) in [4.78, 5) is 0. The summed E-state index contributed by atoms with van der Waals surface area (Å²) < 4.78 is 28.6. The molecule has 0 spiro atoms. The topological polar surface area (TPSA) is 45.7 Å². The molecule has 0 atom stereocenters. The van der Waals surface area contributed by atoms with E-state index >= 15 is 0 Å². The Morgan fingerprint density at radius 3 is 2.19 bits per heavy atom. The molecule has 4 nitrogen and oxygen atoms in total. The molecule has 0 bridgehead atoms. The summed E-state index contributed by atoms with van der Waals surface area (Å²) in [5, 5.41) is 7.62. The van der Waals surface area contributed by atoms with E-state index in [1.807, 2.05) is 24.3 Å². The van der Waals surface area contributed by atoms with Gasteiger partial charge in [0.1, 0.15) is 5.75 Å². The number of anilines is 1. The lowest BCUT2D eigenvalue weighted by Crippen LogP contribution is -2.24. The average Bonchev–Trinajstić information content (AvgIpc) is 2.60. The molecule has 0 unspecified atom stereocenters. The summed E-state index contributed by atoms with van der Waals surface area (Å²) in [6.45, 7) is 3.22. The summed E-state index contributed by atoms with van der Waals surface area (Å²) in [5.41, 5.74) is 6.32. The number of hydrogen-bond acceptors (Lipinski definition) is 3. The monoisotopic (exact) mass is 377 g/mol. The van der Waals surface area contributed by atoms with Crippen molar-refractivity contribution in [2.75, 3.05) is 5.32 Å². The molecule has 2 aromatic rings. The van der Waals surface area contributed by atoms with Crippen LogP contribution in [0.3, 0.4) is 0 Å².